The van der Waals surface area contributed by atoms with Gasteiger partial charge in [0.15, 0.2) is 12.1 Å². The SMILES string of the molecule is CS(=O)(=O)Nc1cccc2c1SC[N+](c1ccccc1)=C2. The Kier molecular flexibility index (Phi) is 3.73. The first-order valence-electron chi connectivity index (χ1n) is 6.43. The Hall–Kier alpha value is -1.79. The molecule has 21 heavy (non-hydrogen) atoms. The van der Waals surface area contributed by atoms with Crippen LogP contribution in [0.3, 0.4) is 0 Å². The van der Waals surface area contributed by atoms with Gasteiger partial charge in [0.2, 0.25) is 15.7 Å². The lowest BCUT2D eigenvalue weighted by Crippen LogP contribution is -2.16. The van der Waals surface area contributed by atoms with Crippen LogP contribution in [0.25, 0.3) is 0 Å². The number of hydrogen-bond acceptors (Lipinski definition) is 3. The molecule has 3 rings (SSSR count). The molecule has 1 heterocycles. The third kappa shape index (κ3) is 3.28. The Morgan fingerprint density at radius 3 is 2.57 bits per heavy atom. The van der Waals surface area contributed by atoms with E-state index in [1.165, 1.54) is 6.26 Å². The van der Waals surface area contributed by atoms with Crippen molar-refractivity contribution < 1.29 is 13.0 Å². The second kappa shape index (κ2) is 5.54. The van der Waals surface area contributed by atoms with Crippen molar-refractivity contribution in [1.29, 1.82) is 0 Å². The first-order chi connectivity index (χ1) is 10.0. The number of anilines is 1. The number of nitrogens with one attached hydrogen (secondary N) is 1. The Morgan fingerprint density at radius 2 is 1.86 bits per heavy atom. The lowest BCUT2D eigenvalue weighted by molar-refractivity contribution is -0.411. The van der Waals surface area contributed by atoms with Crippen LogP contribution in [0.1, 0.15) is 5.56 Å². The van der Waals surface area contributed by atoms with Gasteiger partial charge >= 0.3 is 0 Å². The molecule has 0 fully saturated rings. The number of para-hydroxylation sites is 1. The summed E-state index contributed by atoms with van der Waals surface area (Å²) in [6.45, 7) is 0. The monoisotopic (exact) mass is 319 g/mol. The minimum atomic E-state index is -3.27. The maximum Gasteiger partial charge on any atom is 0.229 e. The summed E-state index contributed by atoms with van der Waals surface area (Å²) >= 11 is 1.63. The molecule has 2 aromatic rings. The van der Waals surface area contributed by atoms with Crippen LogP contribution in [-0.2, 0) is 10.0 Å². The van der Waals surface area contributed by atoms with Gasteiger partial charge in [-0.15, -0.1) is 0 Å². The van der Waals surface area contributed by atoms with Crippen LogP contribution >= 0.6 is 11.8 Å². The largest absolute Gasteiger partial charge is 0.283 e. The van der Waals surface area contributed by atoms with Crippen molar-refractivity contribution in [3.05, 3.63) is 54.1 Å². The van der Waals surface area contributed by atoms with Gasteiger partial charge in [0.1, 0.15) is 0 Å². The zero-order valence-electron chi connectivity index (χ0n) is 11.5. The van der Waals surface area contributed by atoms with Gasteiger partial charge in [-0.1, -0.05) is 36.0 Å². The molecule has 0 bridgehead atoms. The van der Waals surface area contributed by atoms with E-state index in [0.29, 0.717) is 5.69 Å². The highest BCUT2D eigenvalue weighted by molar-refractivity contribution is 7.99. The smallest absolute Gasteiger partial charge is 0.229 e. The standard InChI is InChI=1S/C15H15N2O2S2/c1-21(18,19)16-14-9-5-6-12-10-17(11-20-15(12)14)13-7-3-2-4-8-13/h2-10,16H,11H2,1H3/q+1. The van der Waals surface area contributed by atoms with E-state index in [1.54, 1.807) is 17.8 Å². The number of fused-ring (bicyclic) bond motifs is 1. The van der Waals surface area contributed by atoms with Gasteiger partial charge in [0, 0.05) is 12.1 Å². The molecule has 1 aliphatic rings. The van der Waals surface area contributed by atoms with Gasteiger partial charge in [-0.25, -0.2) is 8.42 Å². The minimum absolute atomic E-state index is 0.643. The van der Waals surface area contributed by atoms with Crippen LogP contribution in [0.4, 0.5) is 11.4 Å². The number of rotatable bonds is 3. The van der Waals surface area contributed by atoms with Gasteiger partial charge in [-0.05, 0) is 12.1 Å². The molecule has 4 nitrogen and oxygen atoms in total. The van der Waals surface area contributed by atoms with Gasteiger partial charge in [-0.3, -0.25) is 4.72 Å². The van der Waals surface area contributed by atoms with E-state index in [1.807, 2.05) is 30.3 Å². The minimum Gasteiger partial charge on any atom is -0.283 e. The maximum absolute atomic E-state index is 11.4. The maximum atomic E-state index is 11.4. The molecular formula is C15H15N2O2S2+. The lowest BCUT2D eigenvalue weighted by Gasteiger charge is -2.15. The van der Waals surface area contributed by atoms with Crippen molar-refractivity contribution in [2.24, 2.45) is 0 Å². The van der Waals surface area contributed by atoms with Crippen molar-refractivity contribution in [2.75, 3.05) is 16.9 Å². The Labute approximate surface area is 128 Å². The molecule has 0 saturated carbocycles. The lowest BCUT2D eigenvalue weighted by atomic mass is 10.2. The fourth-order valence-electron chi connectivity index (χ4n) is 2.21. The molecule has 0 saturated heterocycles. The molecule has 1 aliphatic heterocycles. The van der Waals surface area contributed by atoms with E-state index in [0.717, 1.165) is 22.0 Å². The van der Waals surface area contributed by atoms with Crippen molar-refractivity contribution in [2.45, 2.75) is 4.90 Å². The van der Waals surface area contributed by atoms with Crippen LogP contribution in [0.15, 0.2) is 53.4 Å². The molecule has 0 spiro atoms. The highest BCUT2D eigenvalue weighted by Crippen LogP contribution is 2.34. The molecule has 0 radical (unpaired) electrons. The molecule has 0 unspecified atom stereocenters. The number of hydrogen-bond donors (Lipinski definition) is 1. The summed E-state index contributed by atoms with van der Waals surface area (Å²) in [7, 11) is -3.27. The van der Waals surface area contributed by atoms with Gasteiger partial charge in [0.05, 0.1) is 22.4 Å². The predicted molar refractivity (Wildman–Crippen MR) is 87.2 cm³/mol. The fraction of sp³-hybridized carbons (Fsp3) is 0.133. The molecular weight excluding hydrogens is 304 g/mol. The molecule has 0 atom stereocenters. The van der Waals surface area contributed by atoms with E-state index in [9.17, 15) is 8.42 Å². The summed E-state index contributed by atoms with van der Waals surface area (Å²) < 4.78 is 27.6. The van der Waals surface area contributed by atoms with Crippen LogP contribution in [0, 0.1) is 0 Å². The van der Waals surface area contributed by atoms with Crippen molar-refractivity contribution in [1.82, 2.24) is 0 Å². The summed E-state index contributed by atoms with van der Waals surface area (Å²) in [5.41, 5.74) is 2.78. The van der Waals surface area contributed by atoms with Gasteiger partial charge in [0.25, 0.3) is 0 Å². The first-order valence-corrected chi connectivity index (χ1v) is 9.31. The van der Waals surface area contributed by atoms with Crippen LogP contribution in [0.2, 0.25) is 0 Å². The highest BCUT2D eigenvalue weighted by atomic mass is 32.2. The molecule has 6 heteroatoms. The predicted octanol–water partition coefficient (Wildman–Crippen LogP) is 2.88. The second-order valence-electron chi connectivity index (χ2n) is 4.81. The topological polar surface area (TPSA) is 49.2 Å². The molecule has 0 aromatic heterocycles. The summed E-state index contributed by atoms with van der Waals surface area (Å²) in [5, 5.41) is 0. The number of nitrogens with zero attached hydrogens (tertiary/aromatic N) is 1. The summed E-state index contributed by atoms with van der Waals surface area (Å²) in [5.74, 6) is 0.749. The van der Waals surface area contributed by atoms with E-state index in [4.69, 9.17) is 0 Å². The molecule has 1 N–H and O–H groups in total. The van der Waals surface area contributed by atoms with E-state index in [-0.39, 0.29) is 0 Å². The Morgan fingerprint density at radius 1 is 1.10 bits per heavy atom. The van der Waals surface area contributed by atoms with Gasteiger partial charge in [-0.2, -0.15) is 4.58 Å². The summed E-state index contributed by atoms with van der Waals surface area (Å²) in [6, 6.07) is 15.8. The molecule has 0 amide bonds. The van der Waals surface area contributed by atoms with Crippen molar-refractivity contribution >= 4 is 39.4 Å². The number of thioether (sulfide) groups is 1. The summed E-state index contributed by atoms with van der Waals surface area (Å²) in [4.78, 5) is 0.968. The third-order valence-electron chi connectivity index (χ3n) is 3.07. The molecule has 0 aliphatic carbocycles. The zero-order chi connectivity index (χ0) is 14.9. The van der Waals surface area contributed by atoms with Crippen LogP contribution in [0.5, 0.6) is 0 Å². The first kappa shape index (κ1) is 14.2. The molecule has 2 aromatic carbocycles. The number of sulfonamides is 1. The van der Waals surface area contributed by atoms with E-state index >= 15 is 0 Å². The fourth-order valence-corrected chi connectivity index (χ4v) is 3.89. The third-order valence-corrected chi connectivity index (χ3v) is 4.81. The average Bonchev–Trinajstić information content (AvgIpc) is 2.46. The Bertz CT molecular complexity index is 800. The average molecular weight is 319 g/mol. The van der Waals surface area contributed by atoms with E-state index < -0.39 is 10.0 Å². The van der Waals surface area contributed by atoms with Gasteiger partial charge < -0.3 is 0 Å². The second-order valence-corrected chi connectivity index (χ2v) is 7.51. The van der Waals surface area contributed by atoms with Crippen molar-refractivity contribution in [3.63, 3.8) is 0 Å². The van der Waals surface area contributed by atoms with Crippen molar-refractivity contribution in [3.8, 4) is 0 Å². The van der Waals surface area contributed by atoms with Crippen LogP contribution < -0.4 is 4.72 Å². The Balaban J connectivity index is 2.01. The quantitative estimate of drug-likeness (QED) is 0.885. The summed E-state index contributed by atoms with van der Waals surface area (Å²) in [6.07, 6.45) is 3.22. The zero-order valence-corrected chi connectivity index (χ0v) is 13.1. The normalized spacial score (nSPS) is 14.2. The molecule has 108 valence electrons. The van der Waals surface area contributed by atoms with E-state index in [2.05, 4.69) is 27.6 Å². The van der Waals surface area contributed by atoms with Crippen LogP contribution in [-0.4, -0.2) is 31.3 Å². The highest BCUT2D eigenvalue weighted by Gasteiger charge is 2.21. The number of benzene rings is 2.